The highest BCUT2D eigenvalue weighted by molar-refractivity contribution is 5.87. The molecule has 1 unspecified atom stereocenters. The fourth-order valence-corrected chi connectivity index (χ4v) is 2.01. The predicted molar refractivity (Wildman–Crippen MR) is 84.2 cm³/mol. The number of hydrogen-bond acceptors (Lipinski definition) is 4. The lowest BCUT2D eigenvalue weighted by Crippen LogP contribution is -2.36. The molecule has 0 heterocycles. The number of carboxylic acid groups (broad SMARTS) is 1. The molecule has 0 bridgehead atoms. The molecule has 22 heavy (non-hydrogen) atoms. The van der Waals surface area contributed by atoms with E-state index in [2.05, 4.69) is 6.92 Å². The van der Waals surface area contributed by atoms with Crippen LogP contribution in [0, 0.1) is 5.92 Å². The first-order valence-corrected chi connectivity index (χ1v) is 7.56. The summed E-state index contributed by atoms with van der Waals surface area (Å²) in [7, 11) is 0. The SMILES string of the molecule is C[C@H](CCOc1ccc(C(=O)O)cc1)CCC(O)C(C)(C)O. The first-order valence-electron chi connectivity index (χ1n) is 7.56. The summed E-state index contributed by atoms with van der Waals surface area (Å²) in [5.41, 5.74) is -0.830. The van der Waals surface area contributed by atoms with Crippen LogP contribution >= 0.6 is 0 Å². The lowest BCUT2D eigenvalue weighted by Gasteiger charge is -2.25. The second kappa shape index (κ2) is 8.15. The average Bonchev–Trinajstić information content (AvgIpc) is 2.44. The maximum absolute atomic E-state index is 10.7. The molecule has 0 saturated carbocycles. The van der Waals surface area contributed by atoms with Crippen LogP contribution in [0.2, 0.25) is 0 Å². The minimum absolute atomic E-state index is 0.237. The van der Waals surface area contributed by atoms with E-state index in [1.165, 1.54) is 12.1 Å². The van der Waals surface area contributed by atoms with E-state index in [4.69, 9.17) is 9.84 Å². The summed E-state index contributed by atoms with van der Waals surface area (Å²) < 4.78 is 5.58. The lowest BCUT2D eigenvalue weighted by molar-refractivity contribution is -0.0535. The van der Waals surface area contributed by atoms with Gasteiger partial charge in [0.15, 0.2) is 0 Å². The van der Waals surface area contributed by atoms with E-state index in [0.717, 1.165) is 12.8 Å². The number of aliphatic hydroxyl groups excluding tert-OH is 1. The second-order valence-corrected chi connectivity index (χ2v) is 6.32. The van der Waals surface area contributed by atoms with Gasteiger partial charge < -0.3 is 20.1 Å². The molecule has 0 aliphatic rings. The van der Waals surface area contributed by atoms with Crippen LogP contribution in [0.25, 0.3) is 0 Å². The Morgan fingerprint density at radius 3 is 2.27 bits per heavy atom. The normalized spacial score (nSPS) is 14.4. The third kappa shape index (κ3) is 6.45. The van der Waals surface area contributed by atoms with Gasteiger partial charge in [0.05, 0.1) is 23.9 Å². The fraction of sp³-hybridized carbons (Fsp3) is 0.588. The largest absolute Gasteiger partial charge is 0.494 e. The molecule has 0 aliphatic heterocycles. The Kier molecular flexibility index (Phi) is 6.84. The summed E-state index contributed by atoms with van der Waals surface area (Å²) in [4.78, 5) is 10.7. The summed E-state index contributed by atoms with van der Waals surface area (Å²) >= 11 is 0. The van der Waals surface area contributed by atoms with E-state index in [0.29, 0.717) is 24.7 Å². The van der Waals surface area contributed by atoms with Gasteiger partial charge in [0.1, 0.15) is 5.75 Å². The number of ether oxygens (including phenoxy) is 1. The molecule has 0 radical (unpaired) electrons. The van der Waals surface area contributed by atoms with Crippen LogP contribution in [0.3, 0.4) is 0 Å². The smallest absolute Gasteiger partial charge is 0.335 e. The summed E-state index contributed by atoms with van der Waals surface area (Å²) in [6.45, 7) is 5.82. The van der Waals surface area contributed by atoms with Gasteiger partial charge in [0.25, 0.3) is 0 Å². The van der Waals surface area contributed by atoms with Gasteiger partial charge in [-0.05, 0) is 63.3 Å². The molecule has 0 aromatic heterocycles. The van der Waals surface area contributed by atoms with Gasteiger partial charge in [-0.1, -0.05) is 6.92 Å². The number of aliphatic hydroxyl groups is 2. The van der Waals surface area contributed by atoms with E-state index >= 15 is 0 Å². The summed E-state index contributed by atoms with van der Waals surface area (Å²) in [6, 6.07) is 6.32. The van der Waals surface area contributed by atoms with E-state index in [-0.39, 0.29) is 5.56 Å². The van der Waals surface area contributed by atoms with Crippen LogP contribution in [0.4, 0.5) is 0 Å². The Bertz CT molecular complexity index is 461. The molecule has 1 aromatic rings. The molecule has 0 fully saturated rings. The van der Waals surface area contributed by atoms with Crippen molar-refractivity contribution < 1.29 is 24.9 Å². The highest BCUT2D eigenvalue weighted by Gasteiger charge is 2.24. The van der Waals surface area contributed by atoms with Crippen LogP contribution in [-0.2, 0) is 0 Å². The molecular formula is C17H26O5. The van der Waals surface area contributed by atoms with E-state index in [9.17, 15) is 15.0 Å². The van der Waals surface area contributed by atoms with Gasteiger partial charge in [-0.3, -0.25) is 0 Å². The Morgan fingerprint density at radius 1 is 1.18 bits per heavy atom. The predicted octanol–water partition coefficient (Wildman–Crippen LogP) is 2.70. The van der Waals surface area contributed by atoms with Crippen molar-refractivity contribution in [2.75, 3.05) is 6.61 Å². The topological polar surface area (TPSA) is 87.0 Å². The Balaban J connectivity index is 2.27. The van der Waals surface area contributed by atoms with Gasteiger partial charge in [-0.15, -0.1) is 0 Å². The first-order chi connectivity index (χ1) is 10.2. The molecule has 5 heteroatoms. The van der Waals surface area contributed by atoms with Crippen molar-refractivity contribution in [3.63, 3.8) is 0 Å². The minimum Gasteiger partial charge on any atom is -0.494 e. The molecule has 5 nitrogen and oxygen atoms in total. The van der Waals surface area contributed by atoms with Gasteiger partial charge >= 0.3 is 5.97 Å². The maximum atomic E-state index is 10.7. The molecular weight excluding hydrogens is 284 g/mol. The molecule has 0 aliphatic carbocycles. The average molecular weight is 310 g/mol. The van der Waals surface area contributed by atoms with Crippen molar-refractivity contribution in [3.05, 3.63) is 29.8 Å². The summed E-state index contributed by atoms with van der Waals surface area (Å²) in [6.07, 6.45) is 1.48. The zero-order valence-electron chi connectivity index (χ0n) is 13.5. The van der Waals surface area contributed by atoms with Crippen molar-refractivity contribution in [1.29, 1.82) is 0 Å². The molecule has 3 N–H and O–H groups in total. The molecule has 1 rings (SSSR count). The third-order valence-electron chi connectivity index (χ3n) is 3.73. The van der Waals surface area contributed by atoms with E-state index in [1.54, 1.807) is 26.0 Å². The fourth-order valence-electron chi connectivity index (χ4n) is 2.01. The number of hydrogen-bond donors (Lipinski definition) is 3. The van der Waals surface area contributed by atoms with Crippen molar-refractivity contribution in [1.82, 2.24) is 0 Å². The van der Waals surface area contributed by atoms with Gasteiger partial charge in [0, 0.05) is 0 Å². The molecule has 124 valence electrons. The Labute approximate surface area is 131 Å². The van der Waals surface area contributed by atoms with E-state index < -0.39 is 17.7 Å². The van der Waals surface area contributed by atoms with Crippen molar-refractivity contribution in [2.45, 2.75) is 51.7 Å². The Hall–Kier alpha value is -1.59. The van der Waals surface area contributed by atoms with Crippen LogP contribution in [0.5, 0.6) is 5.75 Å². The summed E-state index contributed by atoms with van der Waals surface area (Å²) in [5, 5.41) is 28.3. The molecule has 0 amide bonds. The zero-order valence-corrected chi connectivity index (χ0v) is 13.5. The van der Waals surface area contributed by atoms with Crippen molar-refractivity contribution in [2.24, 2.45) is 5.92 Å². The van der Waals surface area contributed by atoms with Crippen LogP contribution in [-0.4, -0.2) is 39.6 Å². The van der Waals surface area contributed by atoms with E-state index in [1.807, 2.05) is 0 Å². The molecule has 1 aromatic carbocycles. The summed E-state index contributed by atoms with van der Waals surface area (Å²) in [5.74, 6) is 0.0644. The number of rotatable bonds is 9. The lowest BCUT2D eigenvalue weighted by atomic mass is 9.93. The van der Waals surface area contributed by atoms with Gasteiger partial charge in [-0.2, -0.15) is 0 Å². The zero-order chi connectivity index (χ0) is 16.8. The number of aromatic carboxylic acids is 1. The maximum Gasteiger partial charge on any atom is 0.335 e. The monoisotopic (exact) mass is 310 g/mol. The first kappa shape index (κ1) is 18.5. The van der Waals surface area contributed by atoms with Crippen molar-refractivity contribution >= 4 is 5.97 Å². The van der Waals surface area contributed by atoms with Crippen LogP contribution < -0.4 is 4.74 Å². The molecule has 2 atom stereocenters. The standard InChI is InChI=1S/C17H26O5/c1-12(4-9-15(18)17(2,3)21)10-11-22-14-7-5-13(6-8-14)16(19)20/h5-8,12,15,18,21H,4,9-11H2,1-3H3,(H,19,20)/t12-,15?/m0/s1. The third-order valence-corrected chi connectivity index (χ3v) is 3.73. The van der Waals surface area contributed by atoms with Crippen molar-refractivity contribution in [3.8, 4) is 5.75 Å². The Morgan fingerprint density at radius 2 is 1.77 bits per heavy atom. The highest BCUT2D eigenvalue weighted by Crippen LogP contribution is 2.19. The number of carbonyl (C=O) groups is 1. The quantitative estimate of drug-likeness (QED) is 0.653. The van der Waals surface area contributed by atoms with Gasteiger partial charge in [-0.25, -0.2) is 4.79 Å². The van der Waals surface area contributed by atoms with Gasteiger partial charge in [0.2, 0.25) is 0 Å². The number of carboxylic acids is 1. The minimum atomic E-state index is -1.07. The van der Waals surface area contributed by atoms with Crippen LogP contribution in [0.15, 0.2) is 24.3 Å². The molecule has 0 saturated heterocycles. The van der Waals surface area contributed by atoms with Crippen LogP contribution in [0.1, 0.15) is 50.4 Å². The highest BCUT2D eigenvalue weighted by atomic mass is 16.5. The number of benzene rings is 1. The molecule has 0 spiro atoms. The second-order valence-electron chi connectivity index (χ2n) is 6.32.